The monoisotopic (exact) mass is 1150 g/mol. The zero-order valence-corrected chi connectivity index (χ0v) is 46.9. The highest BCUT2D eigenvalue weighted by Gasteiger charge is 2.31. The Morgan fingerprint density at radius 2 is 1.13 bits per heavy atom. The summed E-state index contributed by atoms with van der Waals surface area (Å²) in [5.41, 5.74) is 2.87. The van der Waals surface area contributed by atoms with Crippen molar-refractivity contribution in [2.75, 3.05) is 27.5 Å². The second kappa shape index (κ2) is 24.2. The molecular weight excluding hydrogens is 1100 g/mol. The molecule has 2 atom stereocenters. The molecule has 10 aromatic rings. The minimum Gasteiger partial charge on any atom is -0.325 e. The molecule has 1 fully saturated rings. The number of anilines is 3. The zero-order chi connectivity index (χ0) is 53.5. The van der Waals surface area contributed by atoms with Crippen molar-refractivity contribution >= 4 is 104 Å². The van der Waals surface area contributed by atoms with Crippen LogP contribution in [0.4, 0.5) is 21.5 Å². The number of nitrogens with one attached hydrogen (secondary N) is 3. The molecular formula is C56H49FN12O3S6. The molecule has 6 heterocycles. The highest BCUT2D eigenvalue weighted by atomic mass is 32.2. The number of alkyl halides is 1. The maximum absolute atomic E-state index is 15.6. The number of aromatic nitrogens is 9. The standard InChI is InChI=1S/C56H49FN12O3S6/c1-3-30-67-50(45-28-26-42(76-45)36-16-20-40(21-17-36)59-48(71)33-75-55-65-62-51(44-15-10-31-73-44)69(55)41-24-25-41)61-64-54(67)74-32-47(70)58-39-22-18-37(19-23-39)43-27-29-46(77-43)52-63-66-56(68(52)34(2)35-11-6-4-7-12-35)78-49(57)53(72)60-38-13-8-5-9-14-38/h4-23,26-29,31,34,41,49H,3,24-25,30,32-33H2,1-2H3,(H,58,70)(H,59,71)(H,60,72)/t34?,49-/m0/s1. The van der Waals surface area contributed by atoms with E-state index in [0.717, 1.165) is 77.1 Å². The van der Waals surface area contributed by atoms with Crippen molar-refractivity contribution in [2.24, 2.45) is 0 Å². The second-order valence-electron chi connectivity index (χ2n) is 18.1. The Labute approximate surface area is 473 Å². The quantitative estimate of drug-likeness (QED) is 0.0548. The first-order chi connectivity index (χ1) is 38.1. The lowest BCUT2D eigenvalue weighted by Crippen LogP contribution is -2.22. The van der Waals surface area contributed by atoms with Crippen LogP contribution in [0.5, 0.6) is 0 Å². The predicted molar refractivity (Wildman–Crippen MR) is 314 cm³/mol. The fourth-order valence-electron chi connectivity index (χ4n) is 8.55. The van der Waals surface area contributed by atoms with Gasteiger partial charge in [-0.25, -0.2) is 4.39 Å². The molecule has 3 N–H and O–H groups in total. The van der Waals surface area contributed by atoms with E-state index in [9.17, 15) is 14.4 Å². The predicted octanol–water partition coefficient (Wildman–Crippen LogP) is 13.8. The summed E-state index contributed by atoms with van der Waals surface area (Å²) < 4.78 is 21.7. The Kier molecular flexibility index (Phi) is 16.4. The minimum atomic E-state index is -1.93. The Bertz CT molecular complexity index is 3670. The molecule has 0 aliphatic heterocycles. The van der Waals surface area contributed by atoms with E-state index in [1.807, 2.05) is 126 Å². The van der Waals surface area contributed by atoms with Gasteiger partial charge >= 0.3 is 0 Å². The van der Waals surface area contributed by atoms with Crippen molar-refractivity contribution in [1.82, 2.24) is 44.3 Å². The number of benzene rings is 4. The highest BCUT2D eigenvalue weighted by molar-refractivity contribution is 8.00. The number of carbonyl (C=O) groups is 3. The summed E-state index contributed by atoms with van der Waals surface area (Å²) in [6.07, 6.45) is 3.04. The average Bonchev–Trinajstić information content (AvgIpc) is 4.24. The molecule has 11 rings (SSSR count). The smallest absolute Gasteiger partial charge is 0.269 e. The van der Waals surface area contributed by atoms with Gasteiger partial charge in [-0.2, -0.15) is 0 Å². The van der Waals surface area contributed by atoms with Crippen LogP contribution in [0.3, 0.4) is 0 Å². The van der Waals surface area contributed by atoms with Gasteiger partial charge < -0.3 is 20.5 Å². The van der Waals surface area contributed by atoms with Gasteiger partial charge in [-0.1, -0.05) is 109 Å². The van der Waals surface area contributed by atoms with Crippen LogP contribution < -0.4 is 16.0 Å². The molecule has 0 radical (unpaired) electrons. The van der Waals surface area contributed by atoms with Gasteiger partial charge in [-0.05, 0) is 127 Å². The van der Waals surface area contributed by atoms with Crippen LogP contribution in [0.25, 0.3) is 53.0 Å². The SMILES string of the molecule is CCCn1c(SCC(=O)Nc2ccc(-c3ccc(-c4nnc(S[C@H](F)C(=O)Nc5ccccc5)n4C(C)c4ccccc4)s3)cc2)nnc1-c1ccc(-c2ccc(NC(=O)CSc3nnc(-c4cccs4)n3C3CC3)cc2)s1. The maximum Gasteiger partial charge on any atom is 0.269 e. The number of nitrogens with zero attached hydrogens (tertiary/aromatic N) is 9. The van der Waals surface area contributed by atoms with Gasteiger partial charge in [0, 0.05) is 39.4 Å². The Hall–Kier alpha value is -7.21. The van der Waals surface area contributed by atoms with E-state index in [4.69, 9.17) is 0 Å². The van der Waals surface area contributed by atoms with Gasteiger partial charge in [-0.3, -0.25) is 23.5 Å². The molecule has 4 aromatic carbocycles. The fourth-order valence-corrected chi connectivity index (χ4v) is 13.6. The molecule has 6 aromatic heterocycles. The minimum absolute atomic E-state index is 0.111. The van der Waals surface area contributed by atoms with Crippen LogP contribution in [0.2, 0.25) is 0 Å². The third kappa shape index (κ3) is 12.2. The van der Waals surface area contributed by atoms with E-state index < -0.39 is 11.4 Å². The Balaban J connectivity index is 0.692. The van der Waals surface area contributed by atoms with Gasteiger partial charge in [0.1, 0.15) is 0 Å². The summed E-state index contributed by atoms with van der Waals surface area (Å²) in [5, 5.41) is 39.3. The third-order valence-electron chi connectivity index (χ3n) is 12.5. The molecule has 0 spiro atoms. The van der Waals surface area contributed by atoms with E-state index in [1.54, 1.807) is 46.9 Å². The first kappa shape index (κ1) is 52.8. The maximum atomic E-state index is 15.6. The molecule has 1 saturated carbocycles. The summed E-state index contributed by atoms with van der Waals surface area (Å²) in [5.74, 6) is 1.45. The second-order valence-corrected chi connectivity index (χ2v) is 24.1. The summed E-state index contributed by atoms with van der Waals surface area (Å²) in [4.78, 5) is 44.1. The van der Waals surface area contributed by atoms with Gasteiger partial charge in [0.25, 0.3) is 5.91 Å². The van der Waals surface area contributed by atoms with E-state index in [2.05, 4.69) is 74.7 Å². The number of rotatable bonds is 22. The number of hydrogen-bond acceptors (Lipinski definition) is 15. The zero-order valence-electron chi connectivity index (χ0n) is 42.0. The first-order valence-electron chi connectivity index (χ1n) is 25.0. The van der Waals surface area contributed by atoms with Gasteiger partial charge in [-0.15, -0.1) is 64.6 Å². The molecule has 15 nitrogen and oxygen atoms in total. The van der Waals surface area contributed by atoms with Crippen molar-refractivity contribution in [3.63, 3.8) is 0 Å². The van der Waals surface area contributed by atoms with Crippen molar-refractivity contribution in [2.45, 2.75) is 72.7 Å². The van der Waals surface area contributed by atoms with Crippen LogP contribution >= 0.6 is 69.3 Å². The van der Waals surface area contributed by atoms with Crippen molar-refractivity contribution < 1.29 is 18.8 Å². The number of hydrogen-bond donors (Lipinski definition) is 3. The van der Waals surface area contributed by atoms with Crippen LogP contribution in [0, 0.1) is 0 Å². The fraction of sp³-hybridized carbons (Fsp3) is 0.196. The van der Waals surface area contributed by atoms with Crippen molar-refractivity contribution in [3.05, 3.63) is 157 Å². The van der Waals surface area contributed by atoms with E-state index in [0.29, 0.717) is 52.4 Å². The van der Waals surface area contributed by atoms with Crippen LogP contribution in [-0.2, 0) is 20.9 Å². The summed E-state index contributed by atoms with van der Waals surface area (Å²) in [7, 11) is 0. The lowest BCUT2D eigenvalue weighted by Gasteiger charge is -2.18. The van der Waals surface area contributed by atoms with E-state index in [1.165, 1.54) is 34.9 Å². The van der Waals surface area contributed by atoms with Gasteiger partial charge in [0.15, 0.2) is 32.9 Å². The number of halogens is 1. The Morgan fingerprint density at radius 3 is 1.73 bits per heavy atom. The van der Waals surface area contributed by atoms with Crippen molar-refractivity contribution in [3.8, 4) is 53.0 Å². The molecule has 394 valence electrons. The number of amides is 3. The Morgan fingerprint density at radius 1 is 0.590 bits per heavy atom. The number of thioether (sulfide) groups is 3. The molecule has 0 saturated heterocycles. The average molecular weight is 1150 g/mol. The molecule has 0 bridgehead atoms. The molecule has 1 aliphatic rings. The normalized spacial score (nSPS) is 13.1. The number of carbonyl (C=O) groups excluding carboxylic acids is 3. The molecule has 3 amide bonds. The molecule has 22 heteroatoms. The van der Waals surface area contributed by atoms with E-state index in [-0.39, 0.29) is 34.5 Å². The number of thiophene rings is 3. The first-order valence-corrected chi connectivity index (χ1v) is 30.4. The molecule has 1 aliphatic carbocycles. The van der Waals surface area contributed by atoms with Crippen molar-refractivity contribution in [1.29, 1.82) is 0 Å². The summed E-state index contributed by atoms with van der Waals surface area (Å²) >= 11 is 8.22. The topological polar surface area (TPSA) is 179 Å². The molecule has 1 unspecified atom stereocenters. The van der Waals surface area contributed by atoms with Crippen LogP contribution in [0.1, 0.15) is 50.8 Å². The lowest BCUT2D eigenvalue weighted by atomic mass is 10.1. The van der Waals surface area contributed by atoms with Crippen LogP contribution in [0.15, 0.2) is 166 Å². The van der Waals surface area contributed by atoms with E-state index >= 15 is 4.39 Å². The molecule has 78 heavy (non-hydrogen) atoms. The number of para-hydroxylation sites is 1. The summed E-state index contributed by atoms with van der Waals surface area (Å²) in [6.45, 7) is 4.78. The highest BCUT2D eigenvalue weighted by Crippen LogP contribution is 2.43. The van der Waals surface area contributed by atoms with Gasteiger partial charge in [0.2, 0.25) is 17.3 Å². The largest absolute Gasteiger partial charge is 0.325 e. The lowest BCUT2D eigenvalue weighted by molar-refractivity contribution is -0.118. The third-order valence-corrected chi connectivity index (χ3v) is 18.4. The van der Waals surface area contributed by atoms with Crippen LogP contribution in [-0.4, -0.2) is 79.0 Å². The van der Waals surface area contributed by atoms with Gasteiger partial charge in [0.05, 0.1) is 32.2 Å². The summed E-state index contributed by atoms with van der Waals surface area (Å²) in [6, 6.07) is 46.3.